The molecule has 106 valence electrons. The van der Waals surface area contributed by atoms with Crippen LogP contribution in [0, 0.1) is 0 Å². The SMILES string of the molecule is CC(C)(C)OC(=O)N1CCC(F)(C2=CCCN=C2)C1. The fraction of sp³-hybridized carbons (Fsp3) is 0.714. The Kier molecular flexibility index (Phi) is 3.65. The van der Waals surface area contributed by atoms with E-state index in [1.807, 2.05) is 6.08 Å². The van der Waals surface area contributed by atoms with Crippen molar-refractivity contribution in [1.29, 1.82) is 0 Å². The van der Waals surface area contributed by atoms with Crippen molar-refractivity contribution < 1.29 is 13.9 Å². The van der Waals surface area contributed by atoms with E-state index in [9.17, 15) is 9.18 Å². The molecule has 0 radical (unpaired) electrons. The van der Waals surface area contributed by atoms with Gasteiger partial charge in [-0.05, 0) is 27.2 Å². The Hall–Kier alpha value is -1.39. The Morgan fingerprint density at radius 2 is 2.26 bits per heavy atom. The fourth-order valence-electron chi connectivity index (χ4n) is 2.30. The topological polar surface area (TPSA) is 41.9 Å². The van der Waals surface area contributed by atoms with Gasteiger partial charge in [0, 0.05) is 31.3 Å². The minimum absolute atomic E-state index is 0.0553. The van der Waals surface area contributed by atoms with Crippen LogP contribution in [0.5, 0.6) is 0 Å². The largest absolute Gasteiger partial charge is 0.444 e. The lowest BCUT2D eigenvalue weighted by atomic mass is 9.93. The zero-order valence-corrected chi connectivity index (χ0v) is 11.8. The molecule has 0 saturated carbocycles. The molecule has 5 heteroatoms. The van der Waals surface area contributed by atoms with Gasteiger partial charge >= 0.3 is 6.09 Å². The molecule has 1 unspecified atom stereocenters. The molecule has 1 fully saturated rings. The van der Waals surface area contributed by atoms with Crippen molar-refractivity contribution >= 4 is 12.3 Å². The highest BCUT2D eigenvalue weighted by Gasteiger charge is 2.44. The molecule has 2 heterocycles. The number of alkyl halides is 1. The number of likely N-dealkylation sites (tertiary alicyclic amines) is 1. The monoisotopic (exact) mass is 268 g/mol. The first-order valence-electron chi connectivity index (χ1n) is 6.67. The summed E-state index contributed by atoms with van der Waals surface area (Å²) in [7, 11) is 0. The molecule has 4 nitrogen and oxygen atoms in total. The van der Waals surface area contributed by atoms with Gasteiger partial charge in [0.1, 0.15) is 5.60 Å². The Bertz CT molecular complexity index is 426. The van der Waals surface area contributed by atoms with Crippen molar-refractivity contribution in [1.82, 2.24) is 4.90 Å². The molecular formula is C14H21FN2O2. The summed E-state index contributed by atoms with van der Waals surface area (Å²) in [5.74, 6) is 0. The van der Waals surface area contributed by atoms with Crippen molar-refractivity contribution in [2.45, 2.75) is 44.9 Å². The van der Waals surface area contributed by atoms with Crippen LogP contribution in [-0.2, 0) is 4.74 Å². The second-order valence-electron chi connectivity index (χ2n) is 6.10. The maximum absolute atomic E-state index is 14.8. The molecule has 1 saturated heterocycles. The second kappa shape index (κ2) is 4.94. The van der Waals surface area contributed by atoms with Crippen LogP contribution in [0.2, 0.25) is 0 Å². The first-order chi connectivity index (χ1) is 8.80. The van der Waals surface area contributed by atoms with Crippen LogP contribution < -0.4 is 0 Å². The number of halogens is 1. The highest BCUT2D eigenvalue weighted by atomic mass is 19.1. The first-order valence-corrected chi connectivity index (χ1v) is 6.67. The maximum Gasteiger partial charge on any atom is 0.410 e. The van der Waals surface area contributed by atoms with E-state index in [-0.39, 0.29) is 6.54 Å². The van der Waals surface area contributed by atoms with Gasteiger partial charge in [-0.3, -0.25) is 4.99 Å². The average Bonchev–Trinajstić information content (AvgIpc) is 2.73. The van der Waals surface area contributed by atoms with Crippen LogP contribution in [-0.4, -0.2) is 48.1 Å². The normalized spacial score (nSPS) is 27.4. The number of nitrogens with zero attached hydrogens (tertiary/aromatic N) is 2. The highest BCUT2D eigenvalue weighted by Crippen LogP contribution is 2.33. The molecule has 0 bridgehead atoms. The van der Waals surface area contributed by atoms with E-state index in [1.54, 1.807) is 27.0 Å². The smallest absolute Gasteiger partial charge is 0.410 e. The van der Waals surface area contributed by atoms with Crippen molar-refractivity contribution in [3.05, 3.63) is 11.6 Å². The van der Waals surface area contributed by atoms with Crippen LogP contribution in [0.15, 0.2) is 16.6 Å². The summed E-state index contributed by atoms with van der Waals surface area (Å²) in [5.41, 5.74) is -1.42. The lowest BCUT2D eigenvalue weighted by Gasteiger charge is -2.26. The predicted octanol–water partition coefficient (Wildman–Crippen LogP) is 2.74. The molecule has 0 spiro atoms. The number of dihydropyridines is 1. The summed E-state index contributed by atoms with van der Waals surface area (Å²) in [6.45, 7) is 6.58. The molecule has 0 aromatic heterocycles. The van der Waals surface area contributed by atoms with Crippen molar-refractivity contribution in [3.63, 3.8) is 0 Å². The maximum atomic E-state index is 14.8. The standard InChI is InChI=1S/C14H21FN2O2/c1-13(2,3)19-12(18)17-8-6-14(15,10-17)11-5-4-7-16-9-11/h5,9H,4,6-8,10H2,1-3H3. The van der Waals surface area contributed by atoms with E-state index in [0.717, 1.165) is 13.0 Å². The molecule has 1 amide bonds. The van der Waals surface area contributed by atoms with Gasteiger partial charge in [0.05, 0.1) is 6.54 Å². The van der Waals surface area contributed by atoms with Gasteiger partial charge in [-0.2, -0.15) is 0 Å². The molecule has 0 N–H and O–H groups in total. The second-order valence-corrected chi connectivity index (χ2v) is 6.10. The summed E-state index contributed by atoms with van der Waals surface area (Å²) >= 11 is 0. The molecule has 2 aliphatic rings. The van der Waals surface area contributed by atoms with Crippen LogP contribution in [0.4, 0.5) is 9.18 Å². The third-order valence-electron chi connectivity index (χ3n) is 3.24. The molecule has 2 aliphatic heterocycles. The van der Waals surface area contributed by atoms with Crippen LogP contribution in [0.25, 0.3) is 0 Å². The van der Waals surface area contributed by atoms with E-state index in [2.05, 4.69) is 4.99 Å². The number of amides is 1. The van der Waals surface area contributed by atoms with Crippen LogP contribution in [0.1, 0.15) is 33.6 Å². The van der Waals surface area contributed by atoms with Crippen LogP contribution >= 0.6 is 0 Å². The molecule has 2 rings (SSSR count). The van der Waals surface area contributed by atoms with Gasteiger partial charge in [-0.1, -0.05) is 6.08 Å². The molecule has 19 heavy (non-hydrogen) atoms. The van der Waals surface area contributed by atoms with E-state index >= 15 is 0 Å². The summed E-state index contributed by atoms with van der Waals surface area (Å²) in [6.07, 6.45) is 4.11. The lowest BCUT2D eigenvalue weighted by Crippen LogP contribution is -2.38. The van der Waals surface area contributed by atoms with Crippen molar-refractivity contribution in [2.75, 3.05) is 19.6 Å². The van der Waals surface area contributed by atoms with Crippen molar-refractivity contribution in [2.24, 2.45) is 4.99 Å². The molecule has 1 atom stereocenters. The Balaban J connectivity index is 2.01. The average molecular weight is 268 g/mol. The van der Waals surface area contributed by atoms with E-state index < -0.39 is 17.4 Å². The fourth-order valence-corrected chi connectivity index (χ4v) is 2.30. The Labute approximate surface area is 113 Å². The molecular weight excluding hydrogens is 247 g/mol. The minimum Gasteiger partial charge on any atom is -0.444 e. The van der Waals surface area contributed by atoms with Gasteiger partial charge in [0.15, 0.2) is 5.67 Å². The zero-order chi connectivity index (χ0) is 14.1. The first kappa shape index (κ1) is 14.0. The van der Waals surface area contributed by atoms with Gasteiger partial charge in [0.25, 0.3) is 0 Å². The quantitative estimate of drug-likeness (QED) is 0.733. The van der Waals surface area contributed by atoms with E-state index in [0.29, 0.717) is 18.5 Å². The van der Waals surface area contributed by atoms with E-state index in [1.165, 1.54) is 4.90 Å². The highest BCUT2D eigenvalue weighted by molar-refractivity contribution is 5.83. The number of carbonyl (C=O) groups excluding carboxylic acids is 1. The molecule has 0 aromatic rings. The number of hydrogen-bond acceptors (Lipinski definition) is 3. The number of ether oxygens (including phenoxy) is 1. The van der Waals surface area contributed by atoms with Gasteiger partial charge < -0.3 is 9.64 Å². The predicted molar refractivity (Wildman–Crippen MR) is 72.3 cm³/mol. The van der Waals surface area contributed by atoms with Gasteiger partial charge in [-0.15, -0.1) is 0 Å². The third kappa shape index (κ3) is 3.33. The van der Waals surface area contributed by atoms with Gasteiger partial charge in [-0.25, -0.2) is 9.18 Å². The van der Waals surface area contributed by atoms with E-state index in [4.69, 9.17) is 4.74 Å². The number of carbonyl (C=O) groups is 1. The summed E-state index contributed by atoms with van der Waals surface area (Å²) in [5, 5.41) is 0. The number of rotatable bonds is 1. The number of hydrogen-bond donors (Lipinski definition) is 0. The number of aliphatic imine (C=N–C) groups is 1. The summed E-state index contributed by atoms with van der Waals surface area (Å²) in [4.78, 5) is 17.5. The Morgan fingerprint density at radius 1 is 1.53 bits per heavy atom. The Morgan fingerprint density at radius 3 is 2.84 bits per heavy atom. The molecule has 0 aliphatic carbocycles. The minimum atomic E-state index is -1.47. The van der Waals surface area contributed by atoms with Gasteiger partial charge in [0.2, 0.25) is 0 Å². The summed E-state index contributed by atoms with van der Waals surface area (Å²) < 4.78 is 20.1. The molecule has 0 aromatic carbocycles. The summed E-state index contributed by atoms with van der Waals surface area (Å²) in [6, 6.07) is 0. The zero-order valence-electron chi connectivity index (χ0n) is 11.8. The third-order valence-corrected chi connectivity index (χ3v) is 3.24. The van der Waals surface area contributed by atoms with Crippen LogP contribution in [0.3, 0.4) is 0 Å². The lowest BCUT2D eigenvalue weighted by molar-refractivity contribution is 0.0271. The van der Waals surface area contributed by atoms with Crippen molar-refractivity contribution in [3.8, 4) is 0 Å².